The van der Waals surface area contributed by atoms with Gasteiger partial charge in [0.05, 0.1) is 25.3 Å². The fourth-order valence-electron chi connectivity index (χ4n) is 4.22. The van der Waals surface area contributed by atoms with Gasteiger partial charge in [-0.2, -0.15) is 0 Å². The summed E-state index contributed by atoms with van der Waals surface area (Å²) >= 11 is 0. The van der Waals surface area contributed by atoms with Crippen molar-refractivity contribution < 1.29 is 28.1 Å². The summed E-state index contributed by atoms with van der Waals surface area (Å²) in [4.78, 5) is 15.1. The SMILES string of the molecule is COc1ccc(CCN2COc3ccc4c(c3C2)O/C(=C\c2cccc(F)c2)C4=O)cc1OC. The Morgan fingerprint density at radius 1 is 1.06 bits per heavy atom. The molecule has 174 valence electrons. The van der Waals surface area contributed by atoms with Gasteiger partial charge in [-0.1, -0.05) is 18.2 Å². The van der Waals surface area contributed by atoms with Crippen molar-refractivity contribution in [3.8, 4) is 23.0 Å². The molecule has 2 aliphatic heterocycles. The molecule has 34 heavy (non-hydrogen) atoms. The zero-order valence-corrected chi connectivity index (χ0v) is 19.0. The standard InChI is InChI=1S/C27H24FNO5/c1-31-23-8-6-17(13-24(23)32-2)10-11-29-15-21-22(33-16-29)9-7-20-26(30)25(34-27(20)21)14-18-4-3-5-19(28)12-18/h3-9,12-14H,10-11,15-16H2,1-2H3/b25-14-. The van der Waals surface area contributed by atoms with E-state index in [4.69, 9.17) is 18.9 Å². The molecule has 0 aromatic heterocycles. The number of rotatable bonds is 6. The zero-order chi connectivity index (χ0) is 23.7. The summed E-state index contributed by atoms with van der Waals surface area (Å²) in [7, 11) is 3.24. The molecule has 0 bridgehead atoms. The van der Waals surface area contributed by atoms with E-state index in [0.717, 1.165) is 24.1 Å². The van der Waals surface area contributed by atoms with Crippen molar-refractivity contribution >= 4 is 11.9 Å². The van der Waals surface area contributed by atoms with E-state index in [1.165, 1.54) is 12.1 Å². The Hall–Kier alpha value is -3.84. The molecule has 2 heterocycles. The molecule has 3 aromatic carbocycles. The lowest BCUT2D eigenvalue weighted by Gasteiger charge is -2.29. The van der Waals surface area contributed by atoms with E-state index in [2.05, 4.69) is 4.90 Å². The summed E-state index contributed by atoms with van der Waals surface area (Å²) in [6.07, 6.45) is 2.36. The van der Waals surface area contributed by atoms with E-state index in [1.807, 2.05) is 24.3 Å². The molecule has 0 saturated heterocycles. The normalized spacial score (nSPS) is 16.0. The average molecular weight is 461 g/mol. The van der Waals surface area contributed by atoms with E-state index in [9.17, 15) is 9.18 Å². The lowest BCUT2D eigenvalue weighted by atomic mass is 10.0. The fourth-order valence-corrected chi connectivity index (χ4v) is 4.22. The van der Waals surface area contributed by atoms with Crippen molar-refractivity contribution in [1.82, 2.24) is 4.90 Å². The first-order valence-corrected chi connectivity index (χ1v) is 11.0. The van der Waals surface area contributed by atoms with Gasteiger partial charge in [-0.3, -0.25) is 9.69 Å². The third-order valence-electron chi connectivity index (χ3n) is 5.99. The molecule has 0 radical (unpaired) electrons. The van der Waals surface area contributed by atoms with Crippen LogP contribution in [0.1, 0.15) is 27.0 Å². The highest BCUT2D eigenvalue weighted by atomic mass is 19.1. The van der Waals surface area contributed by atoms with Crippen molar-refractivity contribution in [2.24, 2.45) is 0 Å². The maximum Gasteiger partial charge on any atom is 0.231 e. The topological polar surface area (TPSA) is 57.2 Å². The Balaban J connectivity index is 1.33. The number of allylic oxidation sites excluding steroid dienone is 1. The zero-order valence-electron chi connectivity index (χ0n) is 19.0. The Morgan fingerprint density at radius 3 is 2.71 bits per heavy atom. The number of carbonyl (C=O) groups excluding carboxylic acids is 1. The number of methoxy groups -OCH3 is 2. The van der Waals surface area contributed by atoms with E-state index >= 15 is 0 Å². The second-order valence-corrected chi connectivity index (χ2v) is 8.18. The molecule has 7 heteroatoms. The summed E-state index contributed by atoms with van der Waals surface area (Å²) in [6, 6.07) is 15.5. The van der Waals surface area contributed by atoms with E-state index < -0.39 is 0 Å². The van der Waals surface area contributed by atoms with E-state index in [1.54, 1.807) is 38.5 Å². The summed E-state index contributed by atoms with van der Waals surface area (Å²) < 4.78 is 36.2. The van der Waals surface area contributed by atoms with Gasteiger partial charge in [0.1, 0.15) is 24.0 Å². The second kappa shape index (κ2) is 9.19. The number of ether oxygens (including phenoxy) is 4. The maximum atomic E-state index is 13.6. The number of carbonyl (C=O) groups is 1. The number of fused-ring (bicyclic) bond motifs is 3. The van der Waals surface area contributed by atoms with Crippen LogP contribution in [0.25, 0.3) is 6.08 Å². The Labute approximate surface area is 197 Å². The summed E-state index contributed by atoms with van der Waals surface area (Å²) in [5.74, 6) is 2.21. The van der Waals surface area contributed by atoms with Crippen molar-refractivity contribution in [1.29, 1.82) is 0 Å². The van der Waals surface area contributed by atoms with Crippen LogP contribution >= 0.6 is 0 Å². The molecule has 5 rings (SSSR count). The molecule has 3 aromatic rings. The third kappa shape index (κ3) is 4.22. The lowest BCUT2D eigenvalue weighted by Crippen LogP contribution is -2.33. The van der Waals surface area contributed by atoms with Crippen LogP contribution in [0.2, 0.25) is 0 Å². The third-order valence-corrected chi connectivity index (χ3v) is 5.99. The molecule has 0 unspecified atom stereocenters. The summed E-state index contributed by atoms with van der Waals surface area (Å²) in [5, 5.41) is 0. The van der Waals surface area contributed by atoms with Gasteiger partial charge in [-0.05, 0) is 60.0 Å². The number of halogens is 1. The quantitative estimate of drug-likeness (QED) is 0.489. The minimum Gasteiger partial charge on any atom is -0.493 e. The molecule has 0 atom stereocenters. The van der Waals surface area contributed by atoms with Crippen LogP contribution < -0.4 is 18.9 Å². The fraction of sp³-hybridized carbons (Fsp3) is 0.222. The number of hydrogen-bond acceptors (Lipinski definition) is 6. The van der Waals surface area contributed by atoms with Gasteiger partial charge in [0.25, 0.3) is 0 Å². The molecule has 0 spiro atoms. The van der Waals surface area contributed by atoms with Gasteiger partial charge in [0.15, 0.2) is 17.3 Å². The summed E-state index contributed by atoms with van der Waals surface area (Å²) in [5.41, 5.74) is 3.02. The molecule has 0 aliphatic carbocycles. The molecule has 0 amide bonds. The van der Waals surface area contributed by atoms with Gasteiger partial charge in [-0.15, -0.1) is 0 Å². The van der Waals surface area contributed by atoms with Crippen molar-refractivity contribution in [2.45, 2.75) is 13.0 Å². The largest absolute Gasteiger partial charge is 0.493 e. The minimum atomic E-state index is -0.367. The smallest absolute Gasteiger partial charge is 0.231 e. The predicted octanol–water partition coefficient (Wildman–Crippen LogP) is 4.85. The Morgan fingerprint density at radius 2 is 1.91 bits per heavy atom. The van der Waals surface area contributed by atoms with Gasteiger partial charge in [0.2, 0.25) is 5.78 Å². The van der Waals surface area contributed by atoms with Crippen molar-refractivity contribution in [3.63, 3.8) is 0 Å². The van der Waals surface area contributed by atoms with Crippen LogP contribution in [-0.4, -0.2) is 38.2 Å². The van der Waals surface area contributed by atoms with Gasteiger partial charge < -0.3 is 18.9 Å². The highest BCUT2D eigenvalue weighted by molar-refractivity contribution is 6.15. The first kappa shape index (κ1) is 22.0. The number of hydrogen-bond donors (Lipinski definition) is 0. The molecular weight excluding hydrogens is 437 g/mol. The van der Waals surface area contributed by atoms with Crippen molar-refractivity contribution in [2.75, 3.05) is 27.5 Å². The Bertz CT molecular complexity index is 1290. The first-order chi connectivity index (χ1) is 16.6. The lowest BCUT2D eigenvalue weighted by molar-refractivity contribution is 0.0949. The van der Waals surface area contributed by atoms with Crippen LogP contribution in [0.3, 0.4) is 0 Å². The van der Waals surface area contributed by atoms with Crippen LogP contribution in [0, 0.1) is 5.82 Å². The highest BCUT2D eigenvalue weighted by Crippen LogP contribution is 2.42. The summed E-state index contributed by atoms with van der Waals surface area (Å²) in [6.45, 7) is 1.78. The average Bonchev–Trinajstić information content (AvgIpc) is 3.17. The minimum absolute atomic E-state index is 0.177. The molecule has 2 aliphatic rings. The van der Waals surface area contributed by atoms with Crippen molar-refractivity contribution in [3.05, 3.63) is 88.4 Å². The second-order valence-electron chi connectivity index (χ2n) is 8.18. The number of Topliss-reactive ketones (excluding diaryl/α,β-unsaturated/α-hetero) is 1. The van der Waals surface area contributed by atoms with Crippen LogP contribution in [0.4, 0.5) is 4.39 Å². The van der Waals surface area contributed by atoms with Gasteiger partial charge in [-0.25, -0.2) is 4.39 Å². The maximum absolute atomic E-state index is 13.6. The van der Waals surface area contributed by atoms with Crippen LogP contribution in [0.5, 0.6) is 23.0 Å². The van der Waals surface area contributed by atoms with Crippen LogP contribution in [-0.2, 0) is 13.0 Å². The highest BCUT2D eigenvalue weighted by Gasteiger charge is 2.33. The molecule has 6 nitrogen and oxygen atoms in total. The number of benzene rings is 3. The van der Waals surface area contributed by atoms with E-state index in [0.29, 0.717) is 47.4 Å². The monoisotopic (exact) mass is 461 g/mol. The molecule has 0 saturated carbocycles. The number of ketones is 1. The van der Waals surface area contributed by atoms with Crippen LogP contribution in [0.15, 0.2) is 60.4 Å². The molecule has 0 fully saturated rings. The number of nitrogens with zero attached hydrogens (tertiary/aromatic N) is 1. The van der Waals surface area contributed by atoms with E-state index in [-0.39, 0.29) is 17.4 Å². The predicted molar refractivity (Wildman–Crippen MR) is 125 cm³/mol. The molecular formula is C27H24FNO5. The molecule has 0 N–H and O–H groups in total. The van der Waals surface area contributed by atoms with Gasteiger partial charge >= 0.3 is 0 Å². The Kier molecular flexibility index (Phi) is 5.94. The van der Waals surface area contributed by atoms with Gasteiger partial charge in [0, 0.05) is 13.1 Å². The first-order valence-electron chi connectivity index (χ1n) is 11.0.